The first kappa shape index (κ1) is 21.1. The van der Waals surface area contributed by atoms with Gasteiger partial charge in [0.1, 0.15) is 0 Å². The molecular formula is C20H19F3N6O. The maximum atomic E-state index is 12.8. The molecule has 30 heavy (non-hydrogen) atoms. The molecule has 1 atom stereocenters. The topological polar surface area (TPSA) is 85.2 Å². The van der Waals surface area contributed by atoms with Crippen LogP contribution in [-0.4, -0.2) is 46.5 Å². The van der Waals surface area contributed by atoms with Crippen molar-refractivity contribution in [1.82, 2.24) is 14.9 Å². The molecule has 1 fully saturated rings. The highest BCUT2D eigenvalue weighted by Gasteiger charge is 2.32. The number of anilines is 3. The number of hydrogen-bond acceptors (Lipinski definition) is 6. The van der Waals surface area contributed by atoms with Gasteiger partial charge in [0.05, 0.1) is 24.1 Å². The fourth-order valence-electron chi connectivity index (χ4n) is 3.26. The molecule has 156 valence electrons. The van der Waals surface area contributed by atoms with Gasteiger partial charge in [-0.3, -0.25) is 4.79 Å². The maximum Gasteiger partial charge on any atom is 0.416 e. The van der Waals surface area contributed by atoms with E-state index in [1.807, 2.05) is 4.90 Å². The third-order valence-electron chi connectivity index (χ3n) is 4.72. The van der Waals surface area contributed by atoms with E-state index in [4.69, 9.17) is 5.26 Å². The zero-order chi connectivity index (χ0) is 21.7. The van der Waals surface area contributed by atoms with E-state index in [1.54, 1.807) is 4.90 Å². The molecule has 7 nitrogen and oxygen atoms in total. The molecular weight excluding hydrogens is 397 g/mol. The van der Waals surface area contributed by atoms with Gasteiger partial charge in [-0.2, -0.15) is 18.4 Å². The number of aromatic nitrogens is 2. The summed E-state index contributed by atoms with van der Waals surface area (Å²) < 4.78 is 38.3. The molecule has 1 aliphatic heterocycles. The summed E-state index contributed by atoms with van der Waals surface area (Å²) in [5.74, 6) is 0.625. The second kappa shape index (κ2) is 8.82. The number of amides is 1. The number of nitrogens with zero attached hydrogens (tertiary/aromatic N) is 5. The Morgan fingerprint density at radius 2 is 1.97 bits per heavy atom. The van der Waals surface area contributed by atoms with Crippen LogP contribution in [0.2, 0.25) is 0 Å². The van der Waals surface area contributed by atoms with Crippen LogP contribution in [0.4, 0.5) is 30.5 Å². The molecule has 1 aliphatic rings. The summed E-state index contributed by atoms with van der Waals surface area (Å²) in [7, 11) is 0. The number of hydrogen-bond donors (Lipinski definition) is 1. The smallest absolute Gasteiger partial charge is 0.350 e. The molecule has 1 aromatic heterocycles. The van der Waals surface area contributed by atoms with Gasteiger partial charge in [0.25, 0.3) is 0 Å². The van der Waals surface area contributed by atoms with Gasteiger partial charge in [-0.15, -0.1) is 0 Å². The summed E-state index contributed by atoms with van der Waals surface area (Å²) in [5, 5.41) is 12.1. The lowest BCUT2D eigenvalue weighted by atomic mass is 10.1. The summed E-state index contributed by atoms with van der Waals surface area (Å²) in [6, 6.07) is 6.37. The molecule has 3 rings (SSSR count). The van der Waals surface area contributed by atoms with Crippen LogP contribution in [0, 0.1) is 11.3 Å². The Kier molecular flexibility index (Phi) is 6.20. The normalized spacial score (nSPS) is 16.7. The Balaban J connectivity index is 1.81. The van der Waals surface area contributed by atoms with Gasteiger partial charge >= 0.3 is 6.18 Å². The molecule has 1 aromatic carbocycles. The average Bonchev–Trinajstić information content (AvgIpc) is 2.73. The lowest BCUT2D eigenvalue weighted by molar-refractivity contribution is -0.137. The van der Waals surface area contributed by atoms with Crippen molar-refractivity contribution in [2.24, 2.45) is 0 Å². The van der Waals surface area contributed by atoms with Crippen molar-refractivity contribution in [3.05, 3.63) is 54.9 Å². The predicted molar refractivity (Wildman–Crippen MR) is 105 cm³/mol. The molecule has 1 N–H and O–H groups in total. The molecule has 2 heterocycles. The van der Waals surface area contributed by atoms with Crippen LogP contribution in [0.1, 0.15) is 12.0 Å². The lowest BCUT2D eigenvalue weighted by Gasteiger charge is -2.41. The first-order valence-electron chi connectivity index (χ1n) is 9.13. The molecule has 0 radical (unpaired) electrons. The van der Waals surface area contributed by atoms with Crippen LogP contribution >= 0.6 is 0 Å². The largest absolute Gasteiger partial charge is 0.416 e. The monoisotopic (exact) mass is 416 g/mol. The number of halogens is 3. The lowest BCUT2D eigenvalue weighted by Crippen LogP contribution is -2.55. The second-order valence-electron chi connectivity index (χ2n) is 6.63. The number of nitrogens with one attached hydrogen (secondary N) is 1. The molecule has 1 saturated heterocycles. The van der Waals surface area contributed by atoms with E-state index in [9.17, 15) is 18.0 Å². The molecule has 10 heteroatoms. The SMILES string of the molecule is C=CC(=O)N1CCN(c2nccnc2Nc2ccc(C(F)(F)F)cc2)CC1CC#N. The van der Waals surface area contributed by atoms with Gasteiger partial charge in [0, 0.05) is 37.7 Å². The standard InChI is InChI=1S/C20H19F3N6O/c1-2-17(30)29-12-11-28(13-16(29)7-8-24)19-18(25-9-10-26-19)27-15-5-3-14(4-6-15)20(21,22)23/h2-6,9-10,16H,1,7,11-13H2,(H,25,27). The highest BCUT2D eigenvalue weighted by atomic mass is 19.4. The Morgan fingerprint density at radius 1 is 1.27 bits per heavy atom. The van der Waals surface area contributed by atoms with Crippen LogP contribution in [-0.2, 0) is 11.0 Å². The van der Waals surface area contributed by atoms with Crippen molar-refractivity contribution in [3.8, 4) is 6.07 Å². The summed E-state index contributed by atoms with van der Waals surface area (Å²) in [4.78, 5) is 24.2. The highest BCUT2D eigenvalue weighted by Crippen LogP contribution is 2.31. The molecule has 0 bridgehead atoms. The van der Waals surface area contributed by atoms with E-state index in [-0.39, 0.29) is 18.4 Å². The zero-order valence-electron chi connectivity index (χ0n) is 15.9. The molecule has 0 saturated carbocycles. The van der Waals surface area contributed by atoms with Gasteiger partial charge in [0.2, 0.25) is 5.91 Å². The molecule has 0 spiro atoms. The highest BCUT2D eigenvalue weighted by molar-refractivity contribution is 5.87. The van der Waals surface area contributed by atoms with E-state index >= 15 is 0 Å². The number of carbonyl (C=O) groups excluding carboxylic acids is 1. The second-order valence-corrected chi connectivity index (χ2v) is 6.63. The third kappa shape index (κ3) is 4.68. The van der Waals surface area contributed by atoms with E-state index in [0.717, 1.165) is 12.1 Å². The number of nitriles is 1. The van der Waals surface area contributed by atoms with E-state index in [1.165, 1.54) is 30.6 Å². The summed E-state index contributed by atoms with van der Waals surface area (Å²) in [6.07, 6.45) is -0.0551. The fourth-order valence-corrected chi connectivity index (χ4v) is 3.26. The predicted octanol–water partition coefficient (Wildman–Crippen LogP) is 3.36. The van der Waals surface area contributed by atoms with Gasteiger partial charge in [-0.1, -0.05) is 6.58 Å². The number of benzene rings is 1. The van der Waals surface area contributed by atoms with Gasteiger partial charge in [-0.25, -0.2) is 9.97 Å². The third-order valence-corrected chi connectivity index (χ3v) is 4.72. The number of alkyl halides is 3. The van der Waals surface area contributed by atoms with Crippen LogP contribution in [0.5, 0.6) is 0 Å². The number of rotatable bonds is 5. The van der Waals surface area contributed by atoms with Crippen LogP contribution < -0.4 is 10.2 Å². The zero-order valence-corrected chi connectivity index (χ0v) is 15.9. The molecule has 1 unspecified atom stereocenters. The Hall–Kier alpha value is -3.61. The fraction of sp³-hybridized carbons (Fsp3) is 0.300. The van der Waals surface area contributed by atoms with Crippen LogP contribution in [0.25, 0.3) is 0 Å². The number of carbonyl (C=O) groups is 1. The van der Waals surface area contributed by atoms with Crippen molar-refractivity contribution in [2.45, 2.75) is 18.6 Å². The first-order chi connectivity index (χ1) is 14.3. The van der Waals surface area contributed by atoms with E-state index in [2.05, 4.69) is 27.9 Å². The molecule has 2 aromatic rings. The average molecular weight is 416 g/mol. The van der Waals surface area contributed by atoms with Crippen molar-refractivity contribution in [1.29, 1.82) is 5.26 Å². The Morgan fingerprint density at radius 3 is 2.60 bits per heavy atom. The van der Waals surface area contributed by atoms with Crippen molar-refractivity contribution in [3.63, 3.8) is 0 Å². The summed E-state index contributed by atoms with van der Waals surface area (Å²) in [5.41, 5.74) is -0.312. The van der Waals surface area contributed by atoms with Gasteiger partial charge < -0.3 is 15.1 Å². The van der Waals surface area contributed by atoms with Crippen molar-refractivity contribution >= 4 is 23.2 Å². The van der Waals surface area contributed by atoms with Crippen molar-refractivity contribution < 1.29 is 18.0 Å². The Bertz CT molecular complexity index is 954. The first-order valence-corrected chi connectivity index (χ1v) is 9.13. The minimum atomic E-state index is -4.41. The molecule has 0 aliphatic carbocycles. The Labute approximate surface area is 171 Å². The van der Waals surface area contributed by atoms with E-state index in [0.29, 0.717) is 37.0 Å². The minimum absolute atomic E-state index is 0.151. The quantitative estimate of drug-likeness (QED) is 0.753. The summed E-state index contributed by atoms with van der Waals surface area (Å²) >= 11 is 0. The van der Waals surface area contributed by atoms with Gasteiger partial charge in [0.15, 0.2) is 11.6 Å². The van der Waals surface area contributed by atoms with Crippen LogP contribution in [0.15, 0.2) is 49.3 Å². The van der Waals surface area contributed by atoms with Crippen molar-refractivity contribution in [2.75, 3.05) is 29.9 Å². The van der Waals surface area contributed by atoms with Gasteiger partial charge in [-0.05, 0) is 30.3 Å². The summed E-state index contributed by atoms with van der Waals surface area (Å²) in [6.45, 7) is 4.71. The number of piperazine rings is 1. The maximum absolute atomic E-state index is 12.8. The van der Waals surface area contributed by atoms with E-state index < -0.39 is 11.7 Å². The minimum Gasteiger partial charge on any atom is -0.350 e. The van der Waals surface area contributed by atoms with Crippen LogP contribution in [0.3, 0.4) is 0 Å². The molecule has 1 amide bonds.